The lowest BCUT2D eigenvalue weighted by atomic mass is 10.0. The van der Waals surface area contributed by atoms with E-state index in [-0.39, 0.29) is 0 Å². The van der Waals surface area contributed by atoms with E-state index >= 15 is 0 Å². The highest BCUT2D eigenvalue weighted by atomic mass is 16.5. The number of nitrogen functional groups attached to an aromatic ring is 1. The first-order chi connectivity index (χ1) is 9.58. The molecule has 2 aromatic rings. The molecule has 0 saturated carbocycles. The number of anilines is 1. The van der Waals surface area contributed by atoms with E-state index in [1.807, 2.05) is 18.2 Å². The zero-order valence-electron chi connectivity index (χ0n) is 12.4. The Morgan fingerprint density at radius 2 is 1.95 bits per heavy atom. The molecule has 0 aliphatic carbocycles. The number of pyridine rings is 1. The van der Waals surface area contributed by atoms with Crippen molar-refractivity contribution in [2.45, 2.75) is 20.3 Å². The Bertz CT molecular complexity index is 612. The van der Waals surface area contributed by atoms with Crippen LogP contribution in [0.15, 0.2) is 18.2 Å². The van der Waals surface area contributed by atoms with Gasteiger partial charge in [0.05, 0.1) is 19.9 Å². The predicted molar refractivity (Wildman–Crippen MR) is 81.2 cm³/mol. The van der Waals surface area contributed by atoms with Crippen molar-refractivity contribution >= 4 is 16.6 Å². The summed E-state index contributed by atoms with van der Waals surface area (Å²) in [6.45, 7) is 4.32. The van der Waals surface area contributed by atoms with Gasteiger partial charge in [-0.1, -0.05) is 13.8 Å². The van der Waals surface area contributed by atoms with Crippen molar-refractivity contribution in [3.63, 3.8) is 0 Å². The molecule has 1 aromatic carbocycles. The molecule has 0 bridgehead atoms. The van der Waals surface area contributed by atoms with Gasteiger partial charge in [0.1, 0.15) is 17.0 Å². The third-order valence-corrected chi connectivity index (χ3v) is 3.13. The van der Waals surface area contributed by atoms with Crippen LogP contribution < -0.4 is 20.7 Å². The van der Waals surface area contributed by atoms with Gasteiger partial charge in [-0.05, 0) is 24.5 Å². The molecular weight excluding hydrogens is 254 g/mol. The minimum Gasteiger partial charge on any atom is -0.497 e. The highest BCUT2D eigenvalue weighted by Gasteiger charge is 2.12. The topological polar surface area (TPSA) is 69.4 Å². The molecule has 3 N–H and O–H groups in total. The summed E-state index contributed by atoms with van der Waals surface area (Å²) in [5, 5.41) is 0.885. The SMILES string of the molecule is COc1cc(OC)c2nc(CC(C)C)cc(NN)c2c1. The molecule has 0 fully saturated rings. The third kappa shape index (κ3) is 2.77. The highest BCUT2D eigenvalue weighted by Crippen LogP contribution is 2.34. The number of fused-ring (bicyclic) bond motifs is 1. The Kier molecular flexibility index (Phi) is 4.29. The zero-order valence-corrected chi connectivity index (χ0v) is 12.4. The number of aromatic nitrogens is 1. The molecule has 0 radical (unpaired) electrons. The minimum atomic E-state index is 0.523. The first kappa shape index (κ1) is 14.4. The van der Waals surface area contributed by atoms with Crippen LogP contribution in [0.25, 0.3) is 10.9 Å². The van der Waals surface area contributed by atoms with Crippen LogP contribution in [0.3, 0.4) is 0 Å². The summed E-state index contributed by atoms with van der Waals surface area (Å²) in [6.07, 6.45) is 0.889. The number of ether oxygens (including phenoxy) is 2. The van der Waals surface area contributed by atoms with Gasteiger partial charge in [0.25, 0.3) is 0 Å². The Morgan fingerprint density at radius 3 is 2.50 bits per heavy atom. The van der Waals surface area contributed by atoms with Crippen LogP contribution in [0, 0.1) is 5.92 Å². The van der Waals surface area contributed by atoms with Crippen molar-refractivity contribution in [2.75, 3.05) is 19.6 Å². The number of hydrogen-bond donors (Lipinski definition) is 2. The van der Waals surface area contributed by atoms with Gasteiger partial charge in [-0.2, -0.15) is 0 Å². The molecule has 1 heterocycles. The molecule has 0 amide bonds. The van der Waals surface area contributed by atoms with Crippen LogP contribution in [0.5, 0.6) is 11.5 Å². The summed E-state index contributed by atoms with van der Waals surface area (Å²) in [6, 6.07) is 5.70. The lowest BCUT2D eigenvalue weighted by molar-refractivity contribution is 0.397. The molecule has 20 heavy (non-hydrogen) atoms. The van der Waals surface area contributed by atoms with Crippen LogP contribution in [0.4, 0.5) is 5.69 Å². The number of hydrogen-bond acceptors (Lipinski definition) is 5. The summed E-state index contributed by atoms with van der Waals surface area (Å²) in [5.74, 6) is 7.56. The van der Waals surface area contributed by atoms with E-state index in [1.54, 1.807) is 14.2 Å². The average Bonchev–Trinajstić information content (AvgIpc) is 2.44. The molecule has 0 aliphatic heterocycles. The maximum absolute atomic E-state index is 5.64. The minimum absolute atomic E-state index is 0.523. The van der Waals surface area contributed by atoms with Crippen molar-refractivity contribution in [1.29, 1.82) is 0 Å². The second-order valence-corrected chi connectivity index (χ2v) is 5.13. The Morgan fingerprint density at radius 1 is 1.20 bits per heavy atom. The van der Waals surface area contributed by atoms with Crippen molar-refractivity contribution in [3.8, 4) is 11.5 Å². The molecule has 0 spiro atoms. The van der Waals surface area contributed by atoms with E-state index in [1.165, 1.54) is 0 Å². The summed E-state index contributed by atoms with van der Waals surface area (Å²) in [4.78, 5) is 4.69. The molecule has 108 valence electrons. The van der Waals surface area contributed by atoms with E-state index in [2.05, 4.69) is 19.3 Å². The molecule has 2 rings (SSSR count). The quantitative estimate of drug-likeness (QED) is 0.648. The molecular formula is C15H21N3O2. The number of hydrazine groups is 1. The van der Waals surface area contributed by atoms with E-state index < -0.39 is 0 Å². The van der Waals surface area contributed by atoms with Crippen LogP contribution >= 0.6 is 0 Å². The Balaban J connectivity index is 2.69. The maximum Gasteiger partial charge on any atom is 0.148 e. The van der Waals surface area contributed by atoms with Gasteiger partial charge in [-0.15, -0.1) is 0 Å². The fourth-order valence-corrected chi connectivity index (χ4v) is 2.24. The normalized spacial score (nSPS) is 10.9. The van der Waals surface area contributed by atoms with Gasteiger partial charge in [-0.3, -0.25) is 5.84 Å². The van der Waals surface area contributed by atoms with Crippen LogP contribution in [0.1, 0.15) is 19.5 Å². The first-order valence-electron chi connectivity index (χ1n) is 6.61. The number of nitrogens with two attached hydrogens (primary N) is 1. The van der Waals surface area contributed by atoms with Crippen LogP contribution in [0.2, 0.25) is 0 Å². The summed E-state index contributed by atoms with van der Waals surface area (Å²) in [7, 11) is 3.25. The monoisotopic (exact) mass is 275 g/mol. The number of nitrogens with one attached hydrogen (secondary N) is 1. The zero-order chi connectivity index (χ0) is 14.7. The number of benzene rings is 1. The number of nitrogens with zero attached hydrogens (tertiary/aromatic N) is 1. The van der Waals surface area contributed by atoms with Gasteiger partial charge in [-0.25, -0.2) is 4.98 Å². The van der Waals surface area contributed by atoms with Crippen LogP contribution in [-0.2, 0) is 6.42 Å². The number of methoxy groups -OCH3 is 2. The van der Waals surface area contributed by atoms with E-state index in [0.29, 0.717) is 17.4 Å². The molecule has 0 saturated heterocycles. The predicted octanol–water partition coefficient (Wildman–Crippen LogP) is 2.74. The van der Waals surface area contributed by atoms with Gasteiger partial charge in [0.2, 0.25) is 0 Å². The maximum atomic E-state index is 5.64. The highest BCUT2D eigenvalue weighted by molar-refractivity contribution is 5.96. The van der Waals surface area contributed by atoms with Crippen molar-refractivity contribution in [2.24, 2.45) is 11.8 Å². The van der Waals surface area contributed by atoms with E-state index in [4.69, 9.17) is 20.3 Å². The van der Waals surface area contributed by atoms with E-state index in [0.717, 1.165) is 28.7 Å². The largest absolute Gasteiger partial charge is 0.497 e. The van der Waals surface area contributed by atoms with Gasteiger partial charge >= 0.3 is 0 Å². The van der Waals surface area contributed by atoms with Gasteiger partial charge in [0.15, 0.2) is 0 Å². The third-order valence-electron chi connectivity index (χ3n) is 3.13. The van der Waals surface area contributed by atoms with Gasteiger partial charge < -0.3 is 14.9 Å². The lowest BCUT2D eigenvalue weighted by Crippen LogP contribution is -2.09. The molecule has 0 atom stereocenters. The smallest absolute Gasteiger partial charge is 0.148 e. The molecule has 5 heteroatoms. The number of rotatable bonds is 5. The lowest BCUT2D eigenvalue weighted by Gasteiger charge is -2.14. The van der Waals surface area contributed by atoms with Crippen LogP contribution in [-0.4, -0.2) is 19.2 Å². The molecule has 1 aromatic heterocycles. The first-order valence-corrected chi connectivity index (χ1v) is 6.61. The Labute approximate surface area is 119 Å². The second-order valence-electron chi connectivity index (χ2n) is 5.13. The summed E-state index contributed by atoms with van der Waals surface area (Å²) in [5.41, 5.74) is 5.34. The second kappa shape index (κ2) is 5.96. The van der Waals surface area contributed by atoms with Crippen molar-refractivity contribution in [3.05, 3.63) is 23.9 Å². The Hall–Kier alpha value is -2.01. The standard InChI is InChI=1S/C15H21N3O2/c1-9(2)5-10-6-13(18-16)12-7-11(19-3)8-14(20-4)15(12)17-10/h6-9H,5,16H2,1-4H3,(H,17,18). The summed E-state index contributed by atoms with van der Waals surface area (Å²) < 4.78 is 10.7. The molecule has 0 aliphatic rings. The summed E-state index contributed by atoms with van der Waals surface area (Å²) >= 11 is 0. The fourth-order valence-electron chi connectivity index (χ4n) is 2.24. The van der Waals surface area contributed by atoms with Crippen molar-refractivity contribution < 1.29 is 9.47 Å². The fraction of sp³-hybridized carbons (Fsp3) is 0.400. The average molecular weight is 275 g/mol. The van der Waals surface area contributed by atoms with E-state index in [9.17, 15) is 0 Å². The molecule has 0 unspecified atom stereocenters. The van der Waals surface area contributed by atoms with Gasteiger partial charge in [0, 0.05) is 17.1 Å². The van der Waals surface area contributed by atoms with Crippen molar-refractivity contribution in [1.82, 2.24) is 4.98 Å². The molecule has 5 nitrogen and oxygen atoms in total.